The van der Waals surface area contributed by atoms with Gasteiger partial charge in [-0.05, 0) is 67.0 Å². The molecule has 0 spiro atoms. The van der Waals surface area contributed by atoms with E-state index in [9.17, 15) is 18.7 Å². The molecule has 0 aliphatic carbocycles. The molecule has 3 nitrogen and oxygen atoms in total. The van der Waals surface area contributed by atoms with Gasteiger partial charge in [-0.25, -0.2) is 8.78 Å². The van der Waals surface area contributed by atoms with Gasteiger partial charge in [0.15, 0.2) is 5.78 Å². The molecule has 53 heavy (non-hydrogen) atoms. The largest absolute Gasteiger partial charge is 0.512 e. The Balaban J connectivity index is 0.000000359. The maximum Gasteiger partial charge on any atom is 0.243 e. The Kier molecular flexibility index (Phi) is 14.4. The van der Waals surface area contributed by atoms with Gasteiger partial charge in [0, 0.05) is 69.1 Å². The summed E-state index contributed by atoms with van der Waals surface area (Å²) in [5.41, 5.74) is 3.56. The number of carbonyl (C=O) groups excluding carboxylic acids is 1. The number of nitrogens with zero attached hydrogens (tertiary/aromatic N) is 1. The average molecular weight is 919 g/mol. The van der Waals surface area contributed by atoms with E-state index in [1.54, 1.807) is 25.2 Å². The number of aliphatic hydroxyl groups excluding tert-OH is 1. The van der Waals surface area contributed by atoms with Crippen molar-refractivity contribution in [2.45, 2.75) is 127 Å². The average Bonchev–Trinajstić information content (AvgIpc) is 3.51. The summed E-state index contributed by atoms with van der Waals surface area (Å²) in [6.07, 6.45) is 4.60. The molecule has 0 saturated heterocycles. The third kappa shape index (κ3) is 9.28. The van der Waals surface area contributed by atoms with Gasteiger partial charge in [0.1, 0.15) is 5.76 Å². The number of aliphatic hydroxyl groups is 1. The number of allylic oxidation sites excluding steroid dienone is 2. The maximum absolute atomic E-state index is 13.6. The molecule has 0 amide bonds. The number of ketones is 1. The summed E-state index contributed by atoms with van der Waals surface area (Å²) in [4.78, 5) is 17.0. The third-order valence-electron chi connectivity index (χ3n) is 11.6. The molecular formula is C46H58F2IrNO2S-. The summed E-state index contributed by atoms with van der Waals surface area (Å²) in [5, 5.41) is 14.7. The Labute approximate surface area is 334 Å². The van der Waals surface area contributed by atoms with Crippen molar-refractivity contribution >= 4 is 48.1 Å². The minimum Gasteiger partial charge on any atom is -0.512 e. The first-order valence-corrected chi connectivity index (χ1v) is 19.6. The number of hydrogen-bond acceptors (Lipinski definition) is 4. The quantitative estimate of drug-likeness (QED) is 0.0816. The van der Waals surface area contributed by atoms with E-state index < -0.39 is 11.8 Å². The number of thiophene rings is 1. The molecule has 2 heterocycles. The molecule has 0 bridgehead atoms. The Morgan fingerprint density at radius 2 is 1.43 bits per heavy atom. The van der Waals surface area contributed by atoms with E-state index in [4.69, 9.17) is 4.98 Å². The van der Waals surface area contributed by atoms with E-state index >= 15 is 0 Å². The topological polar surface area (TPSA) is 50.2 Å². The van der Waals surface area contributed by atoms with E-state index in [1.807, 2.05) is 59.9 Å². The van der Waals surface area contributed by atoms with Crippen LogP contribution in [0.3, 0.4) is 0 Å². The van der Waals surface area contributed by atoms with Crippen molar-refractivity contribution in [1.29, 1.82) is 0 Å². The van der Waals surface area contributed by atoms with E-state index in [2.05, 4.69) is 70.2 Å². The zero-order valence-electron chi connectivity index (χ0n) is 33.7. The molecule has 5 rings (SSSR count). The van der Waals surface area contributed by atoms with Crippen LogP contribution in [0.2, 0.25) is 0 Å². The summed E-state index contributed by atoms with van der Waals surface area (Å²) in [6, 6.07) is 20.4. The van der Waals surface area contributed by atoms with Gasteiger partial charge in [0.05, 0.1) is 0 Å². The number of pyridine rings is 1. The van der Waals surface area contributed by atoms with Crippen molar-refractivity contribution in [2.24, 2.45) is 16.2 Å². The molecule has 0 unspecified atom stereocenters. The van der Waals surface area contributed by atoms with Crippen molar-refractivity contribution in [3.8, 4) is 11.3 Å². The van der Waals surface area contributed by atoms with Crippen LogP contribution < -0.4 is 0 Å². The SMILES string of the molecule is CCC(C)(CC)C(=O)/C=C(\O)C(C)(CC)CC.Cc1c(CC(C)(C)C(F)F)ccc2c1sc1c(-c3[c-]c4ccccc4c(C(C)(C)C)c3)nccc12.[Ir]. The number of aryl methyl sites for hydroxylation is 1. The Morgan fingerprint density at radius 1 is 0.849 bits per heavy atom. The predicted molar refractivity (Wildman–Crippen MR) is 219 cm³/mol. The van der Waals surface area contributed by atoms with Crippen LogP contribution in [-0.4, -0.2) is 22.3 Å². The fraction of sp³-hybridized carbons (Fsp3) is 0.478. The number of carbonyl (C=O) groups is 1. The van der Waals surface area contributed by atoms with Crippen LogP contribution in [0.15, 0.2) is 66.6 Å². The van der Waals surface area contributed by atoms with Crippen molar-refractivity contribution in [1.82, 2.24) is 4.98 Å². The minimum absolute atomic E-state index is 0. The van der Waals surface area contributed by atoms with Gasteiger partial charge in [-0.1, -0.05) is 117 Å². The van der Waals surface area contributed by atoms with Gasteiger partial charge in [0.2, 0.25) is 6.43 Å². The molecule has 0 aliphatic rings. The number of benzene rings is 3. The summed E-state index contributed by atoms with van der Waals surface area (Å²) in [6.45, 7) is 24.1. The molecule has 0 fully saturated rings. The Hall–Kier alpha value is -2.99. The van der Waals surface area contributed by atoms with Crippen molar-refractivity contribution in [3.63, 3.8) is 0 Å². The summed E-state index contributed by atoms with van der Waals surface area (Å²) in [5.74, 6) is 0.286. The fourth-order valence-electron chi connectivity index (χ4n) is 6.55. The standard InChI is InChI=1S/C31H30F2NS.C15H28O2.Ir/c1-18-20(17-31(5,6)29(32)33)11-12-23-24-13-14-34-26(28(24)35-27(18)23)21-15-19-9-7-8-10-22(19)25(16-21)30(2,3)4;1-7-14(5,8-2)12(16)11-13(17)15(6,9-3)10-4;/h7-14,16,29H,17H2,1-6H3;11,16H,7-10H2,1-6H3;/q-1;;/b;12-11-;. The van der Waals surface area contributed by atoms with Crippen LogP contribution in [0.5, 0.6) is 0 Å². The predicted octanol–water partition coefficient (Wildman–Crippen LogP) is 14.2. The maximum atomic E-state index is 13.6. The van der Waals surface area contributed by atoms with E-state index in [0.717, 1.165) is 73.6 Å². The number of alkyl halides is 2. The van der Waals surface area contributed by atoms with Crippen LogP contribution >= 0.6 is 11.3 Å². The summed E-state index contributed by atoms with van der Waals surface area (Å²) >= 11 is 1.71. The second-order valence-corrected chi connectivity index (χ2v) is 17.7. The summed E-state index contributed by atoms with van der Waals surface area (Å²) in [7, 11) is 0. The molecule has 5 aromatic rings. The van der Waals surface area contributed by atoms with E-state index in [1.165, 1.54) is 17.0 Å². The van der Waals surface area contributed by atoms with E-state index in [0.29, 0.717) is 6.42 Å². The van der Waals surface area contributed by atoms with Crippen LogP contribution in [0.4, 0.5) is 8.78 Å². The molecule has 7 heteroatoms. The third-order valence-corrected chi connectivity index (χ3v) is 12.9. The first kappa shape index (κ1) is 44.4. The molecule has 1 radical (unpaired) electrons. The molecule has 3 aromatic carbocycles. The van der Waals surface area contributed by atoms with Crippen molar-refractivity contribution in [3.05, 3.63) is 89.3 Å². The molecule has 0 atom stereocenters. The second-order valence-electron chi connectivity index (χ2n) is 16.7. The first-order valence-electron chi connectivity index (χ1n) is 18.8. The van der Waals surface area contributed by atoms with Gasteiger partial charge < -0.3 is 5.11 Å². The molecule has 1 N–H and O–H groups in total. The molecule has 2 aromatic heterocycles. The smallest absolute Gasteiger partial charge is 0.243 e. The van der Waals surface area contributed by atoms with Gasteiger partial charge >= 0.3 is 0 Å². The van der Waals surface area contributed by atoms with Crippen LogP contribution in [0, 0.1) is 29.2 Å². The van der Waals surface area contributed by atoms with E-state index in [-0.39, 0.29) is 47.9 Å². The van der Waals surface area contributed by atoms with Crippen LogP contribution in [-0.2, 0) is 36.7 Å². The fourth-order valence-corrected chi connectivity index (χ4v) is 7.88. The van der Waals surface area contributed by atoms with Gasteiger partial charge in [-0.15, -0.1) is 40.5 Å². The van der Waals surface area contributed by atoms with Gasteiger partial charge in [0.25, 0.3) is 0 Å². The van der Waals surface area contributed by atoms with Crippen molar-refractivity contribution < 1.29 is 38.8 Å². The first-order chi connectivity index (χ1) is 24.3. The van der Waals surface area contributed by atoms with Crippen LogP contribution in [0.1, 0.15) is 119 Å². The van der Waals surface area contributed by atoms with Gasteiger partial charge in [-0.2, -0.15) is 0 Å². The van der Waals surface area contributed by atoms with Crippen molar-refractivity contribution in [2.75, 3.05) is 0 Å². The molecular weight excluding hydrogens is 861 g/mol. The molecule has 0 aliphatic heterocycles. The number of aromatic nitrogens is 1. The minimum atomic E-state index is -2.36. The Morgan fingerprint density at radius 3 is 2.00 bits per heavy atom. The monoisotopic (exact) mass is 919 g/mol. The molecule has 289 valence electrons. The number of rotatable bonds is 11. The molecule has 0 saturated carbocycles. The zero-order valence-corrected chi connectivity index (χ0v) is 36.9. The second kappa shape index (κ2) is 17.2. The normalized spacial score (nSPS) is 13.0. The summed E-state index contributed by atoms with van der Waals surface area (Å²) < 4.78 is 29.4. The van der Waals surface area contributed by atoms with Gasteiger partial charge in [-0.3, -0.25) is 9.78 Å². The number of halogens is 2. The zero-order chi connectivity index (χ0) is 38.8. The Bertz CT molecular complexity index is 2080. The number of hydrogen-bond donors (Lipinski definition) is 1. The number of fused-ring (bicyclic) bond motifs is 4. The van der Waals surface area contributed by atoms with Crippen LogP contribution in [0.25, 0.3) is 42.2 Å².